The van der Waals surface area contributed by atoms with E-state index in [1.165, 1.54) is 6.08 Å². The Kier molecular flexibility index (Phi) is 6.40. The molecule has 26 heavy (non-hydrogen) atoms. The monoisotopic (exact) mass is 378 g/mol. The first kappa shape index (κ1) is 19.1. The van der Waals surface area contributed by atoms with Crippen LogP contribution in [-0.4, -0.2) is 23.4 Å². The van der Waals surface area contributed by atoms with Crippen molar-refractivity contribution >= 4 is 40.9 Å². The molecule has 0 bridgehead atoms. The van der Waals surface area contributed by atoms with E-state index in [4.69, 9.17) is 16.3 Å². The van der Waals surface area contributed by atoms with Crippen molar-refractivity contribution in [2.24, 2.45) is 0 Å². The Morgan fingerprint density at radius 2 is 2.00 bits per heavy atom. The molecule has 0 unspecified atom stereocenters. The van der Waals surface area contributed by atoms with Crippen LogP contribution in [0.1, 0.15) is 5.56 Å². The van der Waals surface area contributed by atoms with E-state index in [0.717, 1.165) is 24.3 Å². The van der Waals surface area contributed by atoms with E-state index < -0.39 is 29.2 Å². The first-order chi connectivity index (χ1) is 12.4. The number of ether oxygens (including phenoxy) is 1. The molecule has 1 N–H and O–H groups in total. The zero-order chi connectivity index (χ0) is 19.1. The van der Waals surface area contributed by atoms with E-state index >= 15 is 0 Å². The smallest absolute Gasteiger partial charge is 0.331 e. The summed E-state index contributed by atoms with van der Waals surface area (Å²) < 4.78 is 18.3. The van der Waals surface area contributed by atoms with Gasteiger partial charge in [-0.1, -0.05) is 29.8 Å². The van der Waals surface area contributed by atoms with Crippen molar-refractivity contribution in [2.45, 2.75) is 0 Å². The van der Waals surface area contributed by atoms with E-state index in [1.54, 1.807) is 24.3 Å². The lowest BCUT2D eigenvalue weighted by molar-refractivity contribution is -0.384. The van der Waals surface area contributed by atoms with Gasteiger partial charge in [0, 0.05) is 23.2 Å². The van der Waals surface area contributed by atoms with Gasteiger partial charge >= 0.3 is 5.97 Å². The molecule has 9 heteroatoms. The van der Waals surface area contributed by atoms with Gasteiger partial charge in [-0.05, 0) is 23.8 Å². The van der Waals surface area contributed by atoms with Crippen LogP contribution in [0.3, 0.4) is 0 Å². The van der Waals surface area contributed by atoms with Crippen LogP contribution >= 0.6 is 11.6 Å². The minimum atomic E-state index is -0.853. The SMILES string of the molecule is O=C(COC(=O)/C=C/c1ccccc1Cl)Nc1cc([N+](=O)[O-])ccc1F. The molecule has 0 saturated carbocycles. The fraction of sp³-hybridized carbons (Fsp3) is 0.0588. The molecule has 0 aromatic heterocycles. The van der Waals surface area contributed by atoms with Crippen LogP contribution in [0.15, 0.2) is 48.5 Å². The molecule has 1 amide bonds. The number of nitrogens with one attached hydrogen (secondary N) is 1. The minimum Gasteiger partial charge on any atom is -0.452 e. The van der Waals surface area contributed by atoms with Crippen molar-refractivity contribution in [3.05, 3.63) is 75.1 Å². The summed E-state index contributed by atoms with van der Waals surface area (Å²) in [7, 11) is 0. The Morgan fingerprint density at radius 1 is 1.27 bits per heavy atom. The van der Waals surface area contributed by atoms with Crippen molar-refractivity contribution < 1.29 is 23.6 Å². The summed E-state index contributed by atoms with van der Waals surface area (Å²) in [6.07, 6.45) is 2.51. The number of carbonyl (C=O) groups is 2. The number of esters is 1. The number of hydrogen-bond donors (Lipinski definition) is 1. The molecular weight excluding hydrogens is 367 g/mol. The first-order valence-corrected chi connectivity index (χ1v) is 7.58. The Balaban J connectivity index is 1.91. The summed E-state index contributed by atoms with van der Waals surface area (Å²) in [5, 5.41) is 13.2. The van der Waals surface area contributed by atoms with E-state index in [1.807, 2.05) is 0 Å². The molecule has 2 rings (SSSR count). The third kappa shape index (κ3) is 5.38. The fourth-order valence-corrected chi connectivity index (χ4v) is 2.06. The molecule has 2 aromatic carbocycles. The van der Waals surface area contributed by atoms with Gasteiger partial charge in [-0.2, -0.15) is 0 Å². The molecule has 0 saturated heterocycles. The van der Waals surface area contributed by atoms with Gasteiger partial charge in [-0.15, -0.1) is 0 Å². The molecule has 134 valence electrons. The van der Waals surface area contributed by atoms with Crippen LogP contribution in [0, 0.1) is 15.9 Å². The molecule has 0 fully saturated rings. The topological polar surface area (TPSA) is 98.5 Å². The number of nitrogens with zero attached hydrogens (tertiary/aromatic N) is 1. The van der Waals surface area contributed by atoms with Crippen molar-refractivity contribution in [1.29, 1.82) is 0 Å². The van der Waals surface area contributed by atoms with Gasteiger partial charge in [-0.3, -0.25) is 14.9 Å². The van der Waals surface area contributed by atoms with E-state index in [0.29, 0.717) is 10.6 Å². The fourth-order valence-electron chi connectivity index (χ4n) is 1.86. The predicted molar refractivity (Wildman–Crippen MR) is 93.1 cm³/mol. The maximum absolute atomic E-state index is 13.6. The first-order valence-electron chi connectivity index (χ1n) is 7.20. The van der Waals surface area contributed by atoms with Gasteiger partial charge < -0.3 is 10.1 Å². The Labute approximate surface area is 152 Å². The number of halogens is 2. The normalized spacial score (nSPS) is 10.5. The van der Waals surface area contributed by atoms with Crippen LogP contribution in [0.25, 0.3) is 6.08 Å². The second-order valence-corrected chi connectivity index (χ2v) is 5.34. The molecule has 0 radical (unpaired) electrons. The number of amides is 1. The highest BCUT2D eigenvalue weighted by atomic mass is 35.5. The van der Waals surface area contributed by atoms with Gasteiger partial charge in [-0.25, -0.2) is 9.18 Å². The highest BCUT2D eigenvalue weighted by Gasteiger charge is 2.14. The maximum atomic E-state index is 13.6. The highest BCUT2D eigenvalue weighted by molar-refractivity contribution is 6.32. The minimum absolute atomic E-state index is 0.383. The molecule has 7 nitrogen and oxygen atoms in total. The van der Waals surface area contributed by atoms with Gasteiger partial charge in [0.15, 0.2) is 6.61 Å². The number of benzene rings is 2. The number of nitro benzene ring substituents is 1. The Bertz CT molecular complexity index is 885. The van der Waals surface area contributed by atoms with Gasteiger partial charge in [0.25, 0.3) is 11.6 Å². The molecule has 0 aliphatic carbocycles. The highest BCUT2D eigenvalue weighted by Crippen LogP contribution is 2.21. The Morgan fingerprint density at radius 3 is 2.69 bits per heavy atom. The third-order valence-corrected chi connectivity index (χ3v) is 3.43. The largest absolute Gasteiger partial charge is 0.452 e. The zero-order valence-corrected chi connectivity index (χ0v) is 13.9. The molecule has 0 aliphatic heterocycles. The summed E-state index contributed by atoms with van der Waals surface area (Å²) in [4.78, 5) is 33.2. The van der Waals surface area contributed by atoms with Crippen molar-refractivity contribution in [3.8, 4) is 0 Å². The second-order valence-electron chi connectivity index (χ2n) is 4.93. The quantitative estimate of drug-likeness (QED) is 0.358. The lowest BCUT2D eigenvalue weighted by Crippen LogP contribution is -2.20. The second kappa shape index (κ2) is 8.72. The van der Waals surface area contributed by atoms with Crippen LogP contribution in [0.2, 0.25) is 5.02 Å². The summed E-state index contributed by atoms with van der Waals surface area (Å²) in [5.41, 5.74) is -0.178. The summed E-state index contributed by atoms with van der Waals surface area (Å²) in [5.74, 6) is -2.50. The van der Waals surface area contributed by atoms with Crippen molar-refractivity contribution in [1.82, 2.24) is 0 Å². The zero-order valence-electron chi connectivity index (χ0n) is 13.1. The van der Waals surface area contributed by atoms with Crippen LogP contribution in [0.4, 0.5) is 15.8 Å². The summed E-state index contributed by atoms with van der Waals surface area (Å²) in [6, 6.07) is 9.48. The van der Waals surface area contributed by atoms with Gasteiger partial charge in [0.1, 0.15) is 5.82 Å². The van der Waals surface area contributed by atoms with Crippen LogP contribution in [0.5, 0.6) is 0 Å². The molecule has 0 aliphatic rings. The Hall–Kier alpha value is -3.26. The molecule has 0 atom stereocenters. The number of carbonyl (C=O) groups excluding carboxylic acids is 2. The lowest BCUT2D eigenvalue weighted by Gasteiger charge is -2.06. The number of anilines is 1. The lowest BCUT2D eigenvalue weighted by atomic mass is 10.2. The van der Waals surface area contributed by atoms with Crippen LogP contribution < -0.4 is 5.32 Å². The predicted octanol–water partition coefficient (Wildman–Crippen LogP) is 3.58. The van der Waals surface area contributed by atoms with Gasteiger partial charge in [0.2, 0.25) is 0 Å². The van der Waals surface area contributed by atoms with Crippen molar-refractivity contribution in [3.63, 3.8) is 0 Å². The van der Waals surface area contributed by atoms with Crippen LogP contribution in [-0.2, 0) is 14.3 Å². The number of hydrogen-bond acceptors (Lipinski definition) is 5. The summed E-state index contributed by atoms with van der Waals surface area (Å²) in [6.45, 7) is -0.687. The van der Waals surface area contributed by atoms with E-state index in [-0.39, 0.29) is 11.4 Å². The average molecular weight is 379 g/mol. The van der Waals surface area contributed by atoms with E-state index in [9.17, 15) is 24.1 Å². The average Bonchev–Trinajstić information content (AvgIpc) is 2.61. The molecule has 2 aromatic rings. The van der Waals surface area contributed by atoms with E-state index in [2.05, 4.69) is 5.32 Å². The van der Waals surface area contributed by atoms with Gasteiger partial charge in [0.05, 0.1) is 10.6 Å². The van der Waals surface area contributed by atoms with Crippen molar-refractivity contribution in [2.75, 3.05) is 11.9 Å². The molecule has 0 heterocycles. The maximum Gasteiger partial charge on any atom is 0.331 e. The number of rotatable bonds is 6. The summed E-state index contributed by atoms with van der Waals surface area (Å²) >= 11 is 5.92. The molecular formula is C17H12ClFN2O5. The number of non-ortho nitro benzene ring substituents is 1. The number of nitro groups is 1. The molecule has 0 spiro atoms. The third-order valence-electron chi connectivity index (χ3n) is 3.08. The standard InChI is InChI=1S/C17H12ClFN2O5/c18-13-4-2-1-3-11(13)5-8-17(23)26-10-16(22)20-15-9-12(21(24)25)6-7-14(15)19/h1-9H,10H2,(H,20,22)/b8-5+.